The zero-order valence-corrected chi connectivity index (χ0v) is 8.72. The SMILES string of the molecule is CC(C)(C)NC(N)=N[C@H]1C[C@@H]1C(F)F. The summed E-state index contributed by atoms with van der Waals surface area (Å²) in [5.74, 6) is -0.332. The van der Waals surface area contributed by atoms with E-state index in [4.69, 9.17) is 5.73 Å². The first-order chi connectivity index (χ1) is 6.29. The van der Waals surface area contributed by atoms with Gasteiger partial charge in [-0.3, -0.25) is 0 Å². The van der Waals surface area contributed by atoms with Gasteiger partial charge >= 0.3 is 0 Å². The molecule has 3 N–H and O–H groups in total. The molecule has 1 aliphatic rings. The van der Waals surface area contributed by atoms with Crippen LogP contribution in [0.2, 0.25) is 0 Å². The normalized spacial score (nSPS) is 28.0. The largest absolute Gasteiger partial charge is 0.370 e. The fourth-order valence-electron chi connectivity index (χ4n) is 1.21. The number of nitrogens with zero attached hydrogens (tertiary/aromatic N) is 1. The average Bonchev–Trinajstić information content (AvgIpc) is 2.61. The van der Waals surface area contributed by atoms with E-state index in [1.165, 1.54) is 0 Å². The summed E-state index contributed by atoms with van der Waals surface area (Å²) in [5.41, 5.74) is 5.38. The lowest BCUT2D eigenvalue weighted by Crippen LogP contribution is -2.45. The van der Waals surface area contributed by atoms with Crippen molar-refractivity contribution in [3.8, 4) is 0 Å². The number of guanidine groups is 1. The van der Waals surface area contributed by atoms with Gasteiger partial charge in [-0.15, -0.1) is 0 Å². The van der Waals surface area contributed by atoms with E-state index in [9.17, 15) is 8.78 Å². The molecular weight excluding hydrogens is 188 g/mol. The van der Waals surface area contributed by atoms with Gasteiger partial charge < -0.3 is 11.1 Å². The molecule has 3 nitrogen and oxygen atoms in total. The number of hydrogen-bond acceptors (Lipinski definition) is 1. The Morgan fingerprint density at radius 3 is 2.43 bits per heavy atom. The number of nitrogens with one attached hydrogen (secondary N) is 1. The lowest BCUT2D eigenvalue weighted by atomic mass is 10.1. The molecule has 1 aliphatic carbocycles. The Labute approximate surface area is 82.8 Å². The summed E-state index contributed by atoms with van der Waals surface area (Å²) in [6.45, 7) is 5.81. The van der Waals surface area contributed by atoms with E-state index in [0.717, 1.165) is 0 Å². The first kappa shape index (κ1) is 11.2. The second-order valence-corrected chi connectivity index (χ2v) is 4.69. The molecule has 5 heteroatoms. The highest BCUT2D eigenvalue weighted by Crippen LogP contribution is 2.38. The third kappa shape index (κ3) is 3.47. The predicted molar refractivity (Wildman–Crippen MR) is 52.4 cm³/mol. The molecule has 1 rings (SSSR count). The number of rotatable bonds is 2. The number of halogens is 2. The molecule has 0 bridgehead atoms. The summed E-state index contributed by atoms with van der Waals surface area (Å²) in [6, 6.07) is -0.287. The molecule has 0 amide bonds. The Morgan fingerprint density at radius 1 is 1.50 bits per heavy atom. The number of aliphatic imine (C=N–C) groups is 1. The Hall–Kier alpha value is -0.870. The minimum absolute atomic E-state index is 0.178. The summed E-state index contributed by atoms with van der Waals surface area (Å²) < 4.78 is 24.3. The van der Waals surface area contributed by atoms with Gasteiger partial charge in [0.25, 0.3) is 0 Å². The van der Waals surface area contributed by atoms with E-state index in [-0.39, 0.29) is 17.5 Å². The van der Waals surface area contributed by atoms with Crippen LogP contribution in [0.5, 0.6) is 0 Å². The molecule has 0 aliphatic heterocycles. The van der Waals surface area contributed by atoms with Gasteiger partial charge in [0, 0.05) is 11.5 Å². The van der Waals surface area contributed by atoms with Crippen molar-refractivity contribution >= 4 is 5.96 Å². The molecule has 0 spiro atoms. The summed E-state index contributed by atoms with van der Waals surface area (Å²) in [5, 5.41) is 2.93. The third-order valence-corrected chi connectivity index (χ3v) is 1.94. The van der Waals surface area contributed by atoms with Gasteiger partial charge in [-0.25, -0.2) is 13.8 Å². The first-order valence-electron chi connectivity index (χ1n) is 4.69. The van der Waals surface area contributed by atoms with Crippen LogP contribution in [0.4, 0.5) is 8.78 Å². The molecule has 1 saturated carbocycles. The van der Waals surface area contributed by atoms with E-state index >= 15 is 0 Å². The predicted octanol–water partition coefficient (Wildman–Crippen LogP) is 1.34. The molecule has 0 heterocycles. The van der Waals surface area contributed by atoms with Crippen molar-refractivity contribution in [1.82, 2.24) is 5.32 Å². The van der Waals surface area contributed by atoms with Crippen LogP contribution in [0.25, 0.3) is 0 Å². The highest BCUT2D eigenvalue weighted by Gasteiger charge is 2.44. The van der Waals surface area contributed by atoms with Crippen molar-refractivity contribution in [2.24, 2.45) is 16.6 Å². The Balaban J connectivity index is 2.39. The molecule has 14 heavy (non-hydrogen) atoms. The van der Waals surface area contributed by atoms with Crippen molar-refractivity contribution in [3.63, 3.8) is 0 Å². The molecule has 0 aromatic carbocycles. The van der Waals surface area contributed by atoms with Gasteiger partial charge in [0.1, 0.15) is 0 Å². The minimum atomic E-state index is -2.27. The number of alkyl halides is 2. The van der Waals surface area contributed by atoms with Gasteiger partial charge in [0.15, 0.2) is 5.96 Å². The van der Waals surface area contributed by atoms with Crippen LogP contribution >= 0.6 is 0 Å². The van der Waals surface area contributed by atoms with Crippen LogP contribution in [0.1, 0.15) is 27.2 Å². The standard InChI is InChI=1S/C9H17F2N3/c1-9(2,3)14-8(12)13-6-4-5(6)7(10)11/h5-7H,4H2,1-3H3,(H3,12,13,14)/t5-,6-/m0/s1. The number of hydrogen-bond donors (Lipinski definition) is 2. The Morgan fingerprint density at radius 2 is 2.07 bits per heavy atom. The maximum atomic E-state index is 12.1. The van der Waals surface area contributed by atoms with E-state index in [2.05, 4.69) is 10.3 Å². The van der Waals surface area contributed by atoms with E-state index in [0.29, 0.717) is 6.42 Å². The Bertz CT molecular complexity index is 233. The summed E-state index contributed by atoms with van der Waals surface area (Å²) in [6.07, 6.45) is -1.82. The fraction of sp³-hybridized carbons (Fsp3) is 0.889. The topological polar surface area (TPSA) is 50.4 Å². The average molecular weight is 205 g/mol. The molecule has 0 unspecified atom stereocenters. The minimum Gasteiger partial charge on any atom is -0.370 e. The van der Waals surface area contributed by atoms with Crippen LogP contribution in [-0.2, 0) is 0 Å². The smallest absolute Gasteiger partial charge is 0.243 e. The van der Waals surface area contributed by atoms with Gasteiger partial charge in [-0.2, -0.15) is 0 Å². The third-order valence-electron chi connectivity index (χ3n) is 1.94. The molecule has 1 fully saturated rings. The quantitative estimate of drug-likeness (QED) is 0.528. The zero-order chi connectivity index (χ0) is 10.9. The maximum absolute atomic E-state index is 12.1. The van der Waals surface area contributed by atoms with Crippen LogP contribution in [0.15, 0.2) is 4.99 Å². The lowest BCUT2D eigenvalue weighted by Gasteiger charge is -2.20. The van der Waals surface area contributed by atoms with E-state index in [1.807, 2.05) is 20.8 Å². The van der Waals surface area contributed by atoms with Crippen LogP contribution in [0, 0.1) is 5.92 Å². The molecule has 0 aromatic heterocycles. The van der Waals surface area contributed by atoms with Gasteiger partial charge in [-0.05, 0) is 27.2 Å². The maximum Gasteiger partial charge on any atom is 0.243 e. The zero-order valence-electron chi connectivity index (χ0n) is 8.72. The van der Waals surface area contributed by atoms with Crippen LogP contribution in [0.3, 0.4) is 0 Å². The summed E-state index contributed by atoms with van der Waals surface area (Å²) in [4.78, 5) is 3.98. The van der Waals surface area contributed by atoms with E-state index < -0.39 is 12.3 Å². The molecule has 0 radical (unpaired) electrons. The highest BCUT2D eigenvalue weighted by molar-refractivity contribution is 5.78. The van der Waals surface area contributed by atoms with Crippen molar-refractivity contribution in [2.75, 3.05) is 0 Å². The molecule has 2 atom stereocenters. The fourth-order valence-corrected chi connectivity index (χ4v) is 1.21. The van der Waals surface area contributed by atoms with Gasteiger partial charge in [0.2, 0.25) is 6.43 Å². The summed E-state index contributed by atoms with van der Waals surface area (Å²) in [7, 11) is 0. The molecule has 0 aromatic rings. The molecule has 82 valence electrons. The Kier molecular flexibility index (Phi) is 2.97. The van der Waals surface area contributed by atoms with Crippen LogP contribution in [-0.4, -0.2) is 24.0 Å². The van der Waals surface area contributed by atoms with Gasteiger partial charge in [0.05, 0.1) is 6.04 Å². The van der Waals surface area contributed by atoms with Crippen molar-refractivity contribution < 1.29 is 8.78 Å². The van der Waals surface area contributed by atoms with E-state index in [1.54, 1.807) is 0 Å². The van der Waals surface area contributed by atoms with Crippen molar-refractivity contribution in [3.05, 3.63) is 0 Å². The highest BCUT2D eigenvalue weighted by atomic mass is 19.3. The second-order valence-electron chi connectivity index (χ2n) is 4.69. The monoisotopic (exact) mass is 205 g/mol. The second kappa shape index (κ2) is 3.71. The van der Waals surface area contributed by atoms with Crippen molar-refractivity contribution in [2.45, 2.75) is 45.2 Å². The van der Waals surface area contributed by atoms with Crippen molar-refractivity contribution in [1.29, 1.82) is 0 Å². The van der Waals surface area contributed by atoms with Gasteiger partial charge in [-0.1, -0.05) is 0 Å². The number of nitrogens with two attached hydrogens (primary N) is 1. The summed E-state index contributed by atoms with van der Waals surface area (Å²) >= 11 is 0. The molecule has 0 saturated heterocycles. The molecular formula is C9H17F2N3. The lowest BCUT2D eigenvalue weighted by molar-refractivity contribution is 0.121. The van der Waals surface area contributed by atoms with Crippen LogP contribution < -0.4 is 11.1 Å². The first-order valence-corrected chi connectivity index (χ1v) is 4.69.